The summed E-state index contributed by atoms with van der Waals surface area (Å²) < 4.78 is 13.6. The highest BCUT2D eigenvalue weighted by atomic mass is 79.9. The van der Waals surface area contributed by atoms with E-state index in [2.05, 4.69) is 21.2 Å². The van der Waals surface area contributed by atoms with Crippen molar-refractivity contribution in [1.29, 1.82) is 0 Å². The number of carboxylic acid groups (broad SMARTS) is 1. The highest BCUT2D eigenvalue weighted by molar-refractivity contribution is 9.10. The van der Waals surface area contributed by atoms with E-state index in [0.29, 0.717) is 10.0 Å². The maximum absolute atomic E-state index is 13.0. The van der Waals surface area contributed by atoms with Crippen LogP contribution in [0.15, 0.2) is 22.7 Å². The van der Waals surface area contributed by atoms with Gasteiger partial charge < -0.3 is 15.5 Å². The standard InChI is InChI=1S/C12H13BrFNO4/c1-12(19,11(17)18)6-15-10(16)5-7-4-8(14)2-3-9(7)13/h2-4,19H,5-6H2,1H3,(H,15,16)(H,17,18). The van der Waals surface area contributed by atoms with E-state index in [1.807, 2.05) is 0 Å². The summed E-state index contributed by atoms with van der Waals surface area (Å²) >= 11 is 3.18. The number of rotatable bonds is 5. The second kappa shape index (κ2) is 6.12. The summed E-state index contributed by atoms with van der Waals surface area (Å²) in [5.74, 6) is -2.41. The van der Waals surface area contributed by atoms with E-state index in [4.69, 9.17) is 5.11 Å². The predicted octanol–water partition coefficient (Wildman–Crippen LogP) is 1.08. The van der Waals surface area contributed by atoms with E-state index < -0.39 is 29.8 Å². The van der Waals surface area contributed by atoms with Crippen LogP contribution in [-0.2, 0) is 16.0 Å². The molecule has 0 fully saturated rings. The van der Waals surface area contributed by atoms with Crippen LogP contribution < -0.4 is 5.32 Å². The molecule has 0 saturated carbocycles. The lowest BCUT2D eigenvalue weighted by Crippen LogP contribution is -2.46. The minimum Gasteiger partial charge on any atom is -0.479 e. The fourth-order valence-corrected chi connectivity index (χ4v) is 1.65. The molecular formula is C12H13BrFNO4. The van der Waals surface area contributed by atoms with Gasteiger partial charge in [-0.15, -0.1) is 0 Å². The van der Waals surface area contributed by atoms with Crippen molar-refractivity contribution in [2.45, 2.75) is 18.9 Å². The molecule has 0 aliphatic rings. The van der Waals surface area contributed by atoms with Crippen LogP contribution >= 0.6 is 15.9 Å². The number of nitrogens with one attached hydrogen (secondary N) is 1. The molecule has 1 unspecified atom stereocenters. The van der Waals surface area contributed by atoms with Crippen LogP contribution in [0.4, 0.5) is 4.39 Å². The van der Waals surface area contributed by atoms with Crippen LogP contribution in [-0.4, -0.2) is 34.2 Å². The number of hydrogen-bond donors (Lipinski definition) is 3. The van der Waals surface area contributed by atoms with Crippen molar-refractivity contribution in [3.63, 3.8) is 0 Å². The van der Waals surface area contributed by atoms with Gasteiger partial charge in [0.15, 0.2) is 5.60 Å². The summed E-state index contributed by atoms with van der Waals surface area (Å²) in [6.07, 6.45) is -0.117. The van der Waals surface area contributed by atoms with Gasteiger partial charge in [0.1, 0.15) is 5.82 Å². The summed E-state index contributed by atoms with van der Waals surface area (Å²) in [5, 5.41) is 20.4. The molecule has 1 rings (SSSR count). The van der Waals surface area contributed by atoms with Crippen molar-refractivity contribution in [2.24, 2.45) is 0 Å². The minimum atomic E-state index is -2.03. The van der Waals surface area contributed by atoms with Gasteiger partial charge in [0.25, 0.3) is 0 Å². The molecule has 1 amide bonds. The molecule has 0 bridgehead atoms. The zero-order chi connectivity index (χ0) is 14.6. The first-order chi connectivity index (χ1) is 8.72. The second-order valence-electron chi connectivity index (χ2n) is 4.27. The molecule has 7 heteroatoms. The van der Waals surface area contributed by atoms with E-state index in [1.54, 1.807) is 0 Å². The van der Waals surface area contributed by atoms with Gasteiger partial charge in [0.05, 0.1) is 13.0 Å². The van der Waals surface area contributed by atoms with Crippen molar-refractivity contribution in [3.05, 3.63) is 34.1 Å². The predicted molar refractivity (Wildman–Crippen MR) is 69.1 cm³/mol. The van der Waals surface area contributed by atoms with Crippen molar-refractivity contribution in [3.8, 4) is 0 Å². The largest absolute Gasteiger partial charge is 0.479 e. The van der Waals surface area contributed by atoms with Crippen molar-refractivity contribution in [2.75, 3.05) is 6.54 Å². The zero-order valence-electron chi connectivity index (χ0n) is 10.1. The summed E-state index contributed by atoms with van der Waals surface area (Å²) in [6, 6.07) is 3.94. The van der Waals surface area contributed by atoms with Crippen molar-refractivity contribution < 1.29 is 24.2 Å². The summed E-state index contributed by atoms with van der Waals surface area (Å²) in [5.41, 5.74) is -1.60. The molecule has 0 spiro atoms. The van der Waals surface area contributed by atoms with Crippen LogP contribution in [0.25, 0.3) is 0 Å². The Bertz CT molecular complexity index is 505. The molecule has 104 valence electrons. The lowest BCUT2D eigenvalue weighted by molar-refractivity contribution is -0.156. The Hall–Kier alpha value is -1.47. The second-order valence-corrected chi connectivity index (χ2v) is 5.12. The number of amides is 1. The van der Waals surface area contributed by atoms with Crippen LogP contribution in [0.5, 0.6) is 0 Å². The summed E-state index contributed by atoms with van der Waals surface area (Å²) in [6.45, 7) is 0.655. The third-order valence-corrected chi connectivity index (χ3v) is 3.22. The van der Waals surface area contributed by atoms with Crippen LogP contribution in [0.1, 0.15) is 12.5 Å². The highest BCUT2D eigenvalue weighted by Gasteiger charge is 2.30. The van der Waals surface area contributed by atoms with Gasteiger partial charge in [0.2, 0.25) is 5.91 Å². The number of halogens is 2. The Kier molecular flexibility index (Phi) is 5.02. The smallest absolute Gasteiger partial charge is 0.337 e. The Morgan fingerprint density at radius 1 is 1.47 bits per heavy atom. The van der Waals surface area contributed by atoms with Crippen molar-refractivity contribution in [1.82, 2.24) is 5.32 Å². The third-order valence-electron chi connectivity index (χ3n) is 2.45. The van der Waals surface area contributed by atoms with Gasteiger partial charge in [0, 0.05) is 4.47 Å². The molecule has 1 aromatic rings. The van der Waals surface area contributed by atoms with Crippen LogP contribution in [0.3, 0.4) is 0 Å². The molecule has 0 aromatic heterocycles. The first kappa shape index (κ1) is 15.6. The quantitative estimate of drug-likeness (QED) is 0.752. The fourth-order valence-electron chi connectivity index (χ4n) is 1.26. The number of hydrogen-bond acceptors (Lipinski definition) is 3. The molecule has 19 heavy (non-hydrogen) atoms. The van der Waals surface area contributed by atoms with Gasteiger partial charge in [-0.25, -0.2) is 9.18 Å². The number of carbonyl (C=O) groups is 2. The fraction of sp³-hybridized carbons (Fsp3) is 0.333. The van der Waals surface area contributed by atoms with E-state index in [0.717, 1.165) is 6.92 Å². The minimum absolute atomic E-state index is 0.117. The molecule has 3 N–H and O–H groups in total. The topological polar surface area (TPSA) is 86.6 Å². The number of aliphatic carboxylic acids is 1. The Morgan fingerprint density at radius 2 is 2.11 bits per heavy atom. The SMILES string of the molecule is CC(O)(CNC(=O)Cc1cc(F)ccc1Br)C(=O)O. The first-order valence-corrected chi connectivity index (χ1v) is 6.18. The van der Waals surface area contributed by atoms with E-state index in [9.17, 15) is 19.1 Å². The molecule has 0 aliphatic carbocycles. The number of carbonyl (C=O) groups excluding carboxylic acids is 1. The Morgan fingerprint density at radius 3 is 2.68 bits per heavy atom. The Labute approximate surface area is 117 Å². The molecule has 5 nitrogen and oxygen atoms in total. The average molecular weight is 334 g/mol. The third kappa shape index (κ3) is 4.60. The maximum Gasteiger partial charge on any atom is 0.337 e. The van der Waals surface area contributed by atoms with E-state index in [-0.39, 0.29) is 6.42 Å². The molecule has 0 radical (unpaired) electrons. The van der Waals surface area contributed by atoms with Gasteiger partial charge in [-0.3, -0.25) is 4.79 Å². The normalized spacial score (nSPS) is 13.7. The summed E-state index contributed by atoms with van der Waals surface area (Å²) in [4.78, 5) is 22.2. The lowest BCUT2D eigenvalue weighted by atomic mass is 10.1. The van der Waals surface area contributed by atoms with Crippen molar-refractivity contribution >= 4 is 27.8 Å². The molecule has 1 aromatic carbocycles. The molecule has 1 atom stereocenters. The number of aliphatic hydroxyl groups is 1. The van der Waals surface area contributed by atoms with Gasteiger partial charge in [-0.2, -0.15) is 0 Å². The molecule has 0 aliphatic heterocycles. The molecule has 0 saturated heterocycles. The lowest BCUT2D eigenvalue weighted by Gasteiger charge is -2.18. The monoisotopic (exact) mass is 333 g/mol. The van der Waals surface area contributed by atoms with Crippen LogP contribution in [0, 0.1) is 5.82 Å². The zero-order valence-corrected chi connectivity index (χ0v) is 11.7. The number of carboxylic acids is 1. The van der Waals surface area contributed by atoms with Gasteiger partial charge in [-0.05, 0) is 30.7 Å². The average Bonchev–Trinajstić information content (AvgIpc) is 2.31. The molecular weight excluding hydrogens is 321 g/mol. The molecule has 0 heterocycles. The Balaban J connectivity index is 2.61. The van der Waals surface area contributed by atoms with E-state index in [1.165, 1.54) is 18.2 Å². The number of benzene rings is 1. The summed E-state index contributed by atoms with van der Waals surface area (Å²) in [7, 11) is 0. The van der Waals surface area contributed by atoms with E-state index >= 15 is 0 Å². The van der Waals surface area contributed by atoms with Gasteiger partial charge >= 0.3 is 5.97 Å². The van der Waals surface area contributed by atoms with Gasteiger partial charge in [-0.1, -0.05) is 15.9 Å². The van der Waals surface area contributed by atoms with Crippen LogP contribution in [0.2, 0.25) is 0 Å². The highest BCUT2D eigenvalue weighted by Crippen LogP contribution is 2.18. The maximum atomic E-state index is 13.0. The first-order valence-electron chi connectivity index (χ1n) is 5.39.